The van der Waals surface area contributed by atoms with E-state index in [0.717, 1.165) is 25.7 Å². The number of unbranched alkanes of at least 4 members (excludes halogenated alkanes) is 2. The average Bonchev–Trinajstić information content (AvgIpc) is 2.87. The Labute approximate surface area is 203 Å². The van der Waals surface area contributed by atoms with Crippen LogP contribution in [0.4, 0.5) is 35.1 Å². The molecular formula is C26H26F8O2. The maximum absolute atomic E-state index is 14.7. The molecule has 36 heavy (non-hydrogen) atoms. The minimum Gasteiger partial charge on any atom is -0.420 e. The fourth-order valence-corrected chi connectivity index (χ4v) is 4.68. The highest BCUT2D eigenvalue weighted by Crippen LogP contribution is 2.41. The molecule has 1 saturated carbocycles. The van der Waals surface area contributed by atoms with Crippen molar-refractivity contribution in [3.8, 4) is 16.9 Å². The van der Waals surface area contributed by atoms with Gasteiger partial charge >= 0.3 is 5.97 Å². The third-order valence-electron chi connectivity index (χ3n) is 6.78. The molecule has 0 N–H and O–H groups in total. The van der Waals surface area contributed by atoms with Gasteiger partial charge in [0.1, 0.15) is 0 Å². The second-order valence-corrected chi connectivity index (χ2v) is 9.06. The van der Waals surface area contributed by atoms with E-state index in [1.807, 2.05) is 0 Å². The van der Waals surface area contributed by atoms with Crippen molar-refractivity contribution < 1.29 is 44.7 Å². The summed E-state index contributed by atoms with van der Waals surface area (Å²) in [4.78, 5) is 12.5. The lowest BCUT2D eigenvalue weighted by Gasteiger charge is -2.27. The molecule has 0 atom stereocenters. The number of hydrogen-bond acceptors (Lipinski definition) is 2. The number of hydrogen-bond donors (Lipinski definition) is 0. The van der Waals surface area contributed by atoms with Crippen molar-refractivity contribution in [3.63, 3.8) is 0 Å². The Morgan fingerprint density at radius 3 is 1.61 bits per heavy atom. The first kappa shape index (κ1) is 27.9. The predicted octanol–water partition coefficient (Wildman–Crippen LogP) is 8.32. The third kappa shape index (κ3) is 5.22. The molecule has 0 heterocycles. The van der Waals surface area contributed by atoms with Gasteiger partial charge in [-0.3, -0.25) is 4.79 Å². The molecule has 2 nitrogen and oxygen atoms in total. The number of rotatable bonds is 8. The Morgan fingerprint density at radius 1 is 0.694 bits per heavy atom. The van der Waals surface area contributed by atoms with Crippen LogP contribution in [-0.2, 0) is 11.2 Å². The summed E-state index contributed by atoms with van der Waals surface area (Å²) < 4.78 is 121. The number of halogens is 8. The average molecular weight is 522 g/mol. The van der Waals surface area contributed by atoms with E-state index in [1.54, 1.807) is 0 Å². The normalized spacial score (nSPS) is 17.9. The lowest BCUT2D eigenvalue weighted by molar-refractivity contribution is -0.140. The molecule has 0 aliphatic heterocycles. The van der Waals surface area contributed by atoms with Gasteiger partial charge in [-0.05, 0) is 38.0 Å². The minimum atomic E-state index is -2.36. The van der Waals surface area contributed by atoms with E-state index in [0.29, 0.717) is 31.6 Å². The summed E-state index contributed by atoms with van der Waals surface area (Å²) in [5, 5.41) is 0. The highest BCUT2D eigenvalue weighted by atomic mass is 19.2. The highest BCUT2D eigenvalue weighted by Gasteiger charge is 2.36. The smallest absolute Gasteiger partial charge is 0.314 e. The molecule has 0 radical (unpaired) electrons. The van der Waals surface area contributed by atoms with Crippen LogP contribution in [-0.4, -0.2) is 5.97 Å². The summed E-state index contributed by atoms with van der Waals surface area (Å²) >= 11 is 0. The van der Waals surface area contributed by atoms with Crippen LogP contribution in [0.25, 0.3) is 11.1 Å². The number of ether oxygens (including phenoxy) is 1. The molecule has 198 valence electrons. The molecule has 2 aromatic carbocycles. The van der Waals surface area contributed by atoms with Crippen LogP contribution in [0.3, 0.4) is 0 Å². The molecule has 0 amide bonds. The van der Waals surface area contributed by atoms with Gasteiger partial charge in [-0.2, -0.15) is 8.78 Å². The van der Waals surface area contributed by atoms with Crippen molar-refractivity contribution in [1.29, 1.82) is 0 Å². The molecule has 10 heteroatoms. The van der Waals surface area contributed by atoms with Crippen molar-refractivity contribution in [3.05, 3.63) is 52.1 Å². The summed E-state index contributed by atoms with van der Waals surface area (Å²) in [7, 11) is 0. The van der Waals surface area contributed by atoms with Crippen LogP contribution in [0.15, 0.2) is 0 Å². The summed E-state index contributed by atoms with van der Waals surface area (Å²) in [6.45, 7) is 3.25. The molecule has 0 unspecified atom stereocenters. The molecule has 1 fully saturated rings. The molecule has 2 aromatic rings. The van der Waals surface area contributed by atoms with Gasteiger partial charge in [-0.25, -0.2) is 26.3 Å². The Balaban J connectivity index is 1.90. The minimum absolute atomic E-state index is 0.362. The van der Waals surface area contributed by atoms with Crippen molar-refractivity contribution in [1.82, 2.24) is 0 Å². The Morgan fingerprint density at radius 2 is 1.17 bits per heavy atom. The second-order valence-electron chi connectivity index (χ2n) is 9.06. The maximum atomic E-state index is 14.7. The van der Waals surface area contributed by atoms with Crippen LogP contribution in [0.5, 0.6) is 5.75 Å². The van der Waals surface area contributed by atoms with Crippen LogP contribution < -0.4 is 4.74 Å². The Kier molecular flexibility index (Phi) is 9.00. The van der Waals surface area contributed by atoms with Crippen molar-refractivity contribution in [2.45, 2.75) is 71.6 Å². The number of benzene rings is 2. The fourth-order valence-electron chi connectivity index (χ4n) is 4.68. The van der Waals surface area contributed by atoms with Gasteiger partial charge in [0.15, 0.2) is 34.9 Å². The van der Waals surface area contributed by atoms with E-state index in [-0.39, 0.29) is 0 Å². The van der Waals surface area contributed by atoms with Crippen LogP contribution in [0.1, 0.15) is 70.8 Å². The number of carbonyl (C=O) groups is 1. The Bertz CT molecular complexity index is 1080. The summed E-state index contributed by atoms with van der Waals surface area (Å²) in [5.74, 6) is -20.8. The quantitative estimate of drug-likeness (QED) is 0.115. The zero-order chi connectivity index (χ0) is 26.7. The summed E-state index contributed by atoms with van der Waals surface area (Å²) in [6, 6.07) is 0. The van der Waals surface area contributed by atoms with Gasteiger partial charge in [0, 0.05) is 5.56 Å². The molecule has 3 rings (SSSR count). The first-order valence-corrected chi connectivity index (χ1v) is 12.0. The first-order chi connectivity index (χ1) is 17.0. The SMILES string of the molecule is CCCCCC1CCC(C(=O)Oc2c(F)c(F)c(-c3c(F)c(F)c(CC)c(F)c3F)c(F)c2F)CC1. The summed E-state index contributed by atoms with van der Waals surface area (Å²) in [6.07, 6.45) is 5.77. The molecular weight excluding hydrogens is 496 g/mol. The molecule has 0 saturated heterocycles. The maximum Gasteiger partial charge on any atom is 0.314 e. The van der Waals surface area contributed by atoms with E-state index in [2.05, 4.69) is 11.7 Å². The highest BCUT2D eigenvalue weighted by molar-refractivity contribution is 5.76. The predicted molar refractivity (Wildman–Crippen MR) is 116 cm³/mol. The van der Waals surface area contributed by atoms with Crippen LogP contribution in [0.2, 0.25) is 0 Å². The lowest BCUT2D eigenvalue weighted by atomic mass is 9.80. The van der Waals surface area contributed by atoms with Gasteiger partial charge < -0.3 is 4.74 Å². The number of esters is 1. The van der Waals surface area contributed by atoms with Gasteiger partial charge in [-0.15, -0.1) is 0 Å². The third-order valence-corrected chi connectivity index (χ3v) is 6.78. The molecule has 0 bridgehead atoms. The van der Waals surface area contributed by atoms with Gasteiger partial charge in [0.05, 0.1) is 17.0 Å². The molecule has 0 spiro atoms. The standard InChI is InChI=1S/C26H26F8O2/c1-3-5-6-7-12-8-10-13(11-9-12)26(35)36-25-23(33)21(31)16(22(32)24(25)34)15-19(29)17(27)14(4-2)18(28)20(15)30/h12-13H,3-11H2,1-2H3. The monoisotopic (exact) mass is 522 g/mol. The largest absolute Gasteiger partial charge is 0.420 e. The summed E-state index contributed by atoms with van der Waals surface area (Å²) in [5.41, 5.74) is -4.98. The van der Waals surface area contributed by atoms with Crippen LogP contribution >= 0.6 is 0 Å². The van der Waals surface area contributed by atoms with Gasteiger partial charge in [0.2, 0.25) is 17.4 Å². The van der Waals surface area contributed by atoms with Gasteiger partial charge in [0.25, 0.3) is 0 Å². The van der Waals surface area contributed by atoms with E-state index in [1.165, 1.54) is 6.92 Å². The van der Waals surface area contributed by atoms with E-state index in [4.69, 9.17) is 0 Å². The first-order valence-electron chi connectivity index (χ1n) is 12.0. The zero-order valence-electron chi connectivity index (χ0n) is 19.9. The van der Waals surface area contributed by atoms with E-state index in [9.17, 15) is 39.9 Å². The fraction of sp³-hybridized carbons (Fsp3) is 0.500. The zero-order valence-corrected chi connectivity index (χ0v) is 19.9. The van der Waals surface area contributed by atoms with Crippen molar-refractivity contribution in [2.75, 3.05) is 0 Å². The van der Waals surface area contributed by atoms with E-state index >= 15 is 0 Å². The van der Waals surface area contributed by atoms with Crippen LogP contribution in [0, 0.1) is 58.4 Å². The van der Waals surface area contributed by atoms with Crippen molar-refractivity contribution >= 4 is 5.97 Å². The van der Waals surface area contributed by atoms with Crippen molar-refractivity contribution in [2.24, 2.45) is 11.8 Å². The molecule has 1 aliphatic carbocycles. The second kappa shape index (κ2) is 11.6. The lowest BCUT2D eigenvalue weighted by Crippen LogP contribution is -2.26. The molecule has 0 aromatic heterocycles. The number of carbonyl (C=O) groups excluding carboxylic acids is 1. The Hall–Kier alpha value is -2.65. The molecule has 1 aliphatic rings. The van der Waals surface area contributed by atoms with E-state index < -0.39 is 87.3 Å². The van der Waals surface area contributed by atoms with Gasteiger partial charge in [-0.1, -0.05) is 39.5 Å². The topological polar surface area (TPSA) is 26.3 Å².